The first-order chi connectivity index (χ1) is 22.5. The van der Waals surface area contributed by atoms with E-state index in [1.165, 1.54) is 91.1 Å². The van der Waals surface area contributed by atoms with E-state index in [1.807, 2.05) is 53.1 Å². The Labute approximate surface area is 291 Å². The monoisotopic (exact) mass is 690 g/mol. The minimum Gasteiger partial charge on any atom is -0.488 e. The van der Waals surface area contributed by atoms with Crippen molar-refractivity contribution in [2.24, 2.45) is 0 Å². The molecule has 0 radical (unpaired) electrons. The van der Waals surface area contributed by atoms with Crippen LogP contribution < -0.4 is 4.74 Å². The van der Waals surface area contributed by atoms with Crippen LogP contribution in [0.25, 0.3) is 39.7 Å². The summed E-state index contributed by atoms with van der Waals surface area (Å²) in [6, 6.07) is 21.2. The molecule has 0 N–H and O–H groups in total. The Morgan fingerprint density at radius 3 is 2.17 bits per heavy atom. The highest BCUT2D eigenvalue weighted by molar-refractivity contribution is 7.29. The second-order valence-corrected chi connectivity index (χ2v) is 16.5. The van der Waals surface area contributed by atoms with Gasteiger partial charge in [0.05, 0.1) is 6.10 Å². The molecular weight excluding hydrogens is 644 g/mol. The van der Waals surface area contributed by atoms with Crippen LogP contribution in [0, 0.1) is 5.82 Å². The standard InChI is InChI=1S/C40H47FOS4/c1-5-8-10-12-13-15-17-31-19-21-37(43-31)39-27-29(7-3)40(46-39)38-25-24-36(45-38)35-23-22-34(44-35)30-18-20-33(32(41)26-30)42-28(4)16-14-11-9-6-2/h5,18-28H,1,6-17H2,2-4H3/t28-/m0/s1. The zero-order chi connectivity index (χ0) is 32.3. The number of unbranched alkanes of at least 4 members (excludes halogenated alkanes) is 7. The molecule has 4 aromatic heterocycles. The summed E-state index contributed by atoms with van der Waals surface area (Å²) in [5.41, 5.74) is 2.32. The highest BCUT2D eigenvalue weighted by Gasteiger charge is 2.17. The average Bonchev–Trinajstić information content (AvgIpc) is 3.88. The lowest BCUT2D eigenvalue weighted by molar-refractivity contribution is 0.197. The van der Waals surface area contributed by atoms with Gasteiger partial charge in [-0.3, -0.25) is 0 Å². The quantitative estimate of drug-likeness (QED) is 0.0619. The topological polar surface area (TPSA) is 9.23 Å². The van der Waals surface area contributed by atoms with Crippen molar-refractivity contribution in [3.63, 3.8) is 0 Å². The first kappa shape index (κ1) is 34.8. The second-order valence-electron chi connectivity index (χ2n) is 12.1. The summed E-state index contributed by atoms with van der Waals surface area (Å²) in [6.45, 7) is 10.3. The van der Waals surface area contributed by atoms with Crippen LogP contribution in [-0.4, -0.2) is 6.10 Å². The molecule has 4 heterocycles. The summed E-state index contributed by atoms with van der Waals surface area (Å²) in [5, 5.41) is 0. The van der Waals surface area contributed by atoms with Gasteiger partial charge in [-0.1, -0.05) is 52.0 Å². The number of ether oxygens (including phenoxy) is 1. The summed E-state index contributed by atoms with van der Waals surface area (Å²) in [4.78, 5) is 10.5. The van der Waals surface area contributed by atoms with Crippen molar-refractivity contribution in [1.82, 2.24) is 0 Å². The van der Waals surface area contributed by atoms with Gasteiger partial charge in [-0.25, -0.2) is 4.39 Å². The molecule has 1 nitrogen and oxygen atoms in total. The third-order valence-electron chi connectivity index (χ3n) is 8.36. The summed E-state index contributed by atoms with van der Waals surface area (Å²) in [5.74, 6) is 0.0612. The third-order valence-corrected chi connectivity index (χ3v) is 13.5. The molecule has 244 valence electrons. The first-order valence-corrected chi connectivity index (χ1v) is 20.2. The molecule has 0 amide bonds. The number of benzene rings is 1. The predicted molar refractivity (Wildman–Crippen MR) is 205 cm³/mol. The lowest BCUT2D eigenvalue weighted by Gasteiger charge is -2.15. The number of hydrogen-bond donors (Lipinski definition) is 0. The van der Waals surface area contributed by atoms with Crippen LogP contribution in [0.3, 0.4) is 0 Å². The zero-order valence-corrected chi connectivity index (χ0v) is 30.8. The van der Waals surface area contributed by atoms with Crippen LogP contribution in [0.1, 0.15) is 95.4 Å². The molecule has 0 aliphatic heterocycles. The van der Waals surface area contributed by atoms with Crippen molar-refractivity contribution >= 4 is 45.3 Å². The van der Waals surface area contributed by atoms with Gasteiger partial charge in [0.1, 0.15) is 0 Å². The normalized spacial score (nSPS) is 12.1. The molecule has 5 rings (SSSR count). The first-order valence-electron chi connectivity index (χ1n) is 17.0. The molecule has 0 unspecified atom stereocenters. The molecule has 5 aromatic rings. The fourth-order valence-corrected chi connectivity index (χ4v) is 10.3. The van der Waals surface area contributed by atoms with Gasteiger partial charge in [0, 0.05) is 39.0 Å². The number of allylic oxidation sites excluding steroid dienone is 1. The van der Waals surface area contributed by atoms with E-state index in [0.717, 1.165) is 36.1 Å². The van der Waals surface area contributed by atoms with E-state index in [9.17, 15) is 0 Å². The summed E-state index contributed by atoms with van der Waals surface area (Å²) < 4.78 is 21.0. The smallest absolute Gasteiger partial charge is 0.165 e. The number of rotatable bonds is 19. The molecule has 1 aromatic carbocycles. The Bertz CT molecular complexity index is 1670. The maximum atomic E-state index is 15.0. The molecule has 6 heteroatoms. The summed E-state index contributed by atoms with van der Waals surface area (Å²) in [6.07, 6.45) is 16.2. The largest absolute Gasteiger partial charge is 0.488 e. The van der Waals surface area contributed by atoms with Crippen molar-refractivity contribution in [1.29, 1.82) is 0 Å². The van der Waals surface area contributed by atoms with Crippen molar-refractivity contribution in [3.8, 4) is 45.5 Å². The number of aryl methyl sites for hydroxylation is 2. The SMILES string of the molecule is C=CCCCCCCc1ccc(-c2cc(CC)c(-c3ccc(-c4ccc(-c5ccc(O[C@@H](C)CCCCCC)c(F)c5)s4)s3)s2)s1. The molecule has 0 fully saturated rings. The minimum absolute atomic E-state index is 0.0152. The van der Waals surface area contributed by atoms with E-state index >= 15 is 4.39 Å². The number of hydrogen-bond acceptors (Lipinski definition) is 5. The van der Waals surface area contributed by atoms with Gasteiger partial charge in [-0.05, 0) is 124 Å². The van der Waals surface area contributed by atoms with Crippen molar-refractivity contribution < 1.29 is 9.13 Å². The van der Waals surface area contributed by atoms with Crippen LogP contribution in [0.15, 0.2) is 73.3 Å². The van der Waals surface area contributed by atoms with Crippen LogP contribution >= 0.6 is 45.3 Å². The average molecular weight is 691 g/mol. The van der Waals surface area contributed by atoms with Gasteiger partial charge in [-0.15, -0.1) is 51.9 Å². The molecule has 1 atom stereocenters. The van der Waals surface area contributed by atoms with Gasteiger partial charge in [0.2, 0.25) is 0 Å². The lowest BCUT2D eigenvalue weighted by Crippen LogP contribution is -2.12. The molecule has 46 heavy (non-hydrogen) atoms. The highest BCUT2D eigenvalue weighted by Crippen LogP contribution is 2.46. The van der Waals surface area contributed by atoms with E-state index in [1.54, 1.807) is 23.5 Å². The number of halogens is 1. The molecule has 0 saturated carbocycles. The highest BCUT2D eigenvalue weighted by atomic mass is 32.1. The van der Waals surface area contributed by atoms with E-state index in [0.29, 0.717) is 5.75 Å². The molecule has 0 saturated heterocycles. The fraction of sp³-hybridized carbons (Fsp3) is 0.400. The maximum absolute atomic E-state index is 15.0. The van der Waals surface area contributed by atoms with Crippen LogP contribution in [-0.2, 0) is 12.8 Å². The van der Waals surface area contributed by atoms with Gasteiger partial charge in [0.25, 0.3) is 0 Å². The Morgan fingerprint density at radius 2 is 1.41 bits per heavy atom. The van der Waals surface area contributed by atoms with E-state index in [4.69, 9.17) is 4.74 Å². The van der Waals surface area contributed by atoms with Gasteiger partial charge in [0.15, 0.2) is 11.6 Å². The number of thiophene rings is 4. The Kier molecular flexibility index (Phi) is 13.3. The zero-order valence-electron chi connectivity index (χ0n) is 27.5. The summed E-state index contributed by atoms with van der Waals surface area (Å²) in [7, 11) is 0. The Balaban J connectivity index is 1.23. The predicted octanol–water partition coefficient (Wildman–Crippen LogP) is 14.7. The Morgan fingerprint density at radius 1 is 0.717 bits per heavy atom. The lowest BCUT2D eigenvalue weighted by atomic mass is 10.1. The minimum atomic E-state index is -0.288. The van der Waals surface area contributed by atoms with E-state index < -0.39 is 0 Å². The third kappa shape index (κ3) is 9.31. The van der Waals surface area contributed by atoms with Gasteiger partial charge < -0.3 is 4.74 Å². The van der Waals surface area contributed by atoms with Crippen molar-refractivity contribution in [3.05, 3.63) is 89.6 Å². The van der Waals surface area contributed by atoms with Crippen LogP contribution in [0.5, 0.6) is 5.75 Å². The van der Waals surface area contributed by atoms with Crippen LogP contribution in [0.4, 0.5) is 4.39 Å². The van der Waals surface area contributed by atoms with Gasteiger partial charge >= 0.3 is 0 Å². The summed E-state index contributed by atoms with van der Waals surface area (Å²) >= 11 is 7.46. The maximum Gasteiger partial charge on any atom is 0.165 e. The van der Waals surface area contributed by atoms with E-state index in [2.05, 4.69) is 62.9 Å². The van der Waals surface area contributed by atoms with Crippen molar-refractivity contribution in [2.75, 3.05) is 0 Å². The second kappa shape index (κ2) is 17.6. The van der Waals surface area contributed by atoms with Crippen molar-refractivity contribution in [2.45, 2.75) is 104 Å². The molecule has 0 bridgehead atoms. The van der Waals surface area contributed by atoms with E-state index in [-0.39, 0.29) is 11.9 Å². The molecule has 0 aliphatic carbocycles. The Hall–Kier alpha value is -2.51. The molecule has 0 aliphatic rings. The fourth-order valence-electron chi connectivity index (χ4n) is 5.71. The van der Waals surface area contributed by atoms with Gasteiger partial charge in [-0.2, -0.15) is 0 Å². The molecular formula is C40H47FOS4. The van der Waals surface area contributed by atoms with Crippen LogP contribution in [0.2, 0.25) is 0 Å². The molecule has 0 spiro atoms.